The van der Waals surface area contributed by atoms with E-state index in [1.54, 1.807) is 32.9 Å². The maximum atomic E-state index is 12.6. The van der Waals surface area contributed by atoms with Gasteiger partial charge in [-0.05, 0) is 26.3 Å². The Morgan fingerprint density at radius 1 is 1.35 bits per heavy atom. The maximum absolute atomic E-state index is 12.6. The number of carbonyl (C=O) groups is 1. The van der Waals surface area contributed by atoms with Crippen LogP contribution in [0.1, 0.15) is 26.3 Å². The lowest BCUT2D eigenvalue weighted by atomic mass is 9.80. The minimum Gasteiger partial charge on any atom is -0.386 e. The van der Waals surface area contributed by atoms with Gasteiger partial charge in [-0.1, -0.05) is 42.5 Å². The van der Waals surface area contributed by atoms with Crippen molar-refractivity contribution in [2.45, 2.75) is 38.8 Å². The number of ketones is 1. The van der Waals surface area contributed by atoms with Gasteiger partial charge in [0.2, 0.25) is 0 Å². The summed E-state index contributed by atoms with van der Waals surface area (Å²) in [6.07, 6.45) is 1.35. The second-order valence-electron chi connectivity index (χ2n) is 6.27. The first-order valence-corrected chi connectivity index (χ1v) is 8.18. The normalized spacial score (nSPS) is 28.4. The summed E-state index contributed by atoms with van der Waals surface area (Å²) in [5.74, 6) is -0.977. The van der Waals surface area contributed by atoms with Gasteiger partial charge in [0, 0.05) is 5.88 Å². The first-order chi connectivity index (χ1) is 10.8. The Morgan fingerprint density at radius 2 is 2.00 bits per heavy atom. The van der Waals surface area contributed by atoms with Crippen LogP contribution in [-0.4, -0.2) is 41.4 Å². The number of rotatable bonds is 6. The van der Waals surface area contributed by atoms with Crippen LogP contribution in [0.25, 0.3) is 6.08 Å². The first kappa shape index (κ1) is 18.1. The SMILES string of the molecule is CC1(OCCCl)OC(C(O)/C=C/c2ccccc2)C(=O)C1(C)C. The topological polar surface area (TPSA) is 55.8 Å². The van der Waals surface area contributed by atoms with E-state index in [1.165, 1.54) is 0 Å². The van der Waals surface area contributed by atoms with Crippen molar-refractivity contribution in [3.63, 3.8) is 0 Å². The summed E-state index contributed by atoms with van der Waals surface area (Å²) in [5.41, 5.74) is 0.0723. The van der Waals surface area contributed by atoms with E-state index in [-0.39, 0.29) is 12.4 Å². The maximum Gasteiger partial charge on any atom is 0.178 e. The first-order valence-electron chi connectivity index (χ1n) is 7.65. The molecule has 1 aliphatic heterocycles. The minimum absolute atomic E-state index is 0.181. The van der Waals surface area contributed by atoms with Gasteiger partial charge in [0.25, 0.3) is 0 Å². The Labute approximate surface area is 142 Å². The predicted molar refractivity (Wildman–Crippen MR) is 90.2 cm³/mol. The minimum atomic E-state index is -1.11. The molecule has 1 heterocycles. The predicted octanol–water partition coefficient (Wildman–Crippen LogP) is 3.03. The summed E-state index contributed by atoms with van der Waals surface area (Å²) >= 11 is 5.66. The van der Waals surface area contributed by atoms with Gasteiger partial charge < -0.3 is 14.6 Å². The van der Waals surface area contributed by atoms with Crippen LogP contribution in [0.4, 0.5) is 0 Å². The van der Waals surface area contributed by atoms with E-state index >= 15 is 0 Å². The molecule has 2 rings (SSSR count). The van der Waals surface area contributed by atoms with E-state index in [4.69, 9.17) is 21.1 Å². The third-order valence-corrected chi connectivity index (χ3v) is 4.57. The molecule has 1 N–H and O–H groups in total. The zero-order valence-corrected chi connectivity index (χ0v) is 14.4. The number of hydrogen-bond donors (Lipinski definition) is 1. The van der Waals surface area contributed by atoms with Crippen LogP contribution < -0.4 is 0 Å². The van der Waals surface area contributed by atoms with Crippen molar-refractivity contribution in [2.75, 3.05) is 12.5 Å². The van der Waals surface area contributed by atoms with E-state index < -0.39 is 23.4 Å². The van der Waals surface area contributed by atoms with Crippen LogP contribution >= 0.6 is 11.6 Å². The molecule has 0 saturated carbocycles. The highest BCUT2D eigenvalue weighted by atomic mass is 35.5. The average molecular weight is 339 g/mol. The van der Waals surface area contributed by atoms with Crippen molar-refractivity contribution in [1.82, 2.24) is 0 Å². The van der Waals surface area contributed by atoms with Gasteiger partial charge in [-0.3, -0.25) is 4.79 Å². The zero-order valence-electron chi connectivity index (χ0n) is 13.7. The van der Waals surface area contributed by atoms with Crippen molar-refractivity contribution < 1.29 is 19.4 Å². The number of Topliss-reactive ketones (excluding diaryl/α,β-unsaturated/α-hetero) is 1. The van der Waals surface area contributed by atoms with Crippen LogP contribution in [0.2, 0.25) is 0 Å². The number of alkyl halides is 1. The zero-order chi connectivity index (χ0) is 17.1. The van der Waals surface area contributed by atoms with Crippen molar-refractivity contribution in [3.8, 4) is 0 Å². The molecule has 1 aromatic carbocycles. The van der Waals surface area contributed by atoms with Gasteiger partial charge in [0.15, 0.2) is 11.6 Å². The molecular formula is C18H23ClO4. The number of benzene rings is 1. The highest BCUT2D eigenvalue weighted by molar-refractivity contribution is 6.17. The standard InChI is InChI=1S/C18H23ClO4/c1-17(2)16(21)15(23-18(17,3)22-12-11-19)14(20)10-9-13-7-5-4-6-8-13/h4-10,14-15,20H,11-12H2,1-3H3/b10-9+. The Balaban J connectivity index is 2.14. The summed E-state index contributed by atoms with van der Waals surface area (Å²) in [7, 11) is 0. The second kappa shape index (κ2) is 7.14. The van der Waals surface area contributed by atoms with E-state index in [0.717, 1.165) is 5.56 Å². The van der Waals surface area contributed by atoms with Crippen LogP contribution in [0.15, 0.2) is 36.4 Å². The highest BCUT2D eigenvalue weighted by Gasteiger charge is 2.60. The van der Waals surface area contributed by atoms with Crippen LogP contribution in [0, 0.1) is 5.41 Å². The van der Waals surface area contributed by atoms with Crippen molar-refractivity contribution in [1.29, 1.82) is 0 Å². The molecule has 3 atom stereocenters. The summed E-state index contributed by atoms with van der Waals surface area (Å²) in [4.78, 5) is 12.6. The van der Waals surface area contributed by atoms with Gasteiger partial charge in [0.05, 0.1) is 12.0 Å². The molecular weight excluding hydrogens is 316 g/mol. The lowest BCUT2D eigenvalue weighted by molar-refractivity contribution is -0.255. The van der Waals surface area contributed by atoms with Crippen molar-refractivity contribution in [2.24, 2.45) is 5.41 Å². The van der Waals surface area contributed by atoms with Crippen molar-refractivity contribution >= 4 is 23.5 Å². The Bertz CT molecular complexity index is 570. The van der Waals surface area contributed by atoms with Gasteiger partial charge >= 0.3 is 0 Å². The molecule has 23 heavy (non-hydrogen) atoms. The van der Waals surface area contributed by atoms with Gasteiger partial charge in [-0.2, -0.15) is 0 Å². The third-order valence-electron chi connectivity index (χ3n) is 4.41. The monoisotopic (exact) mass is 338 g/mol. The van der Waals surface area contributed by atoms with Crippen LogP contribution in [-0.2, 0) is 14.3 Å². The highest BCUT2D eigenvalue weighted by Crippen LogP contribution is 2.45. The summed E-state index contributed by atoms with van der Waals surface area (Å²) in [5, 5.41) is 10.4. The number of carbonyl (C=O) groups excluding carboxylic acids is 1. The molecule has 3 unspecified atom stereocenters. The smallest absolute Gasteiger partial charge is 0.178 e. The van der Waals surface area contributed by atoms with E-state index in [0.29, 0.717) is 5.88 Å². The number of halogens is 1. The molecule has 5 heteroatoms. The lowest BCUT2D eigenvalue weighted by Gasteiger charge is -2.34. The molecule has 0 bridgehead atoms. The quantitative estimate of drug-likeness (QED) is 0.810. The Hall–Kier alpha value is -1.20. The Morgan fingerprint density at radius 3 is 2.61 bits per heavy atom. The Kier molecular flexibility index (Phi) is 5.63. The van der Waals surface area contributed by atoms with E-state index in [9.17, 15) is 9.90 Å². The van der Waals surface area contributed by atoms with Crippen molar-refractivity contribution in [3.05, 3.63) is 42.0 Å². The average Bonchev–Trinajstić information content (AvgIpc) is 2.72. The molecule has 4 nitrogen and oxygen atoms in total. The fraction of sp³-hybridized carbons (Fsp3) is 0.500. The fourth-order valence-corrected chi connectivity index (χ4v) is 2.65. The molecule has 0 amide bonds. The molecule has 0 aliphatic carbocycles. The summed E-state index contributed by atoms with van der Waals surface area (Å²) in [6, 6.07) is 9.56. The molecule has 126 valence electrons. The number of hydrogen-bond acceptors (Lipinski definition) is 4. The molecule has 0 spiro atoms. The van der Waals surface area contributed by atoms with Gasteiger partial charge in [-0.15, -0.1) is 11.6 Å². The fourth-order valence-electron chi connectivity index (χ4n) is 2.57. The second-order valence-corrected chi connectivity index (χ2v) is 6.65. The van der Waals surface area contributed by atoms with Gasteiger partial charge in [0.1, 0.15) is 12.2 Å². The van der Waals surface area contributed by atoms with E-state index in [2.05, 4.69) is 0 Å². The largest absolute Gasteiger partial charge is 0.386 e. The van der Waals surface area contributed by atoms with Gasteiger partial charge in [-0.25, -0.2) is 0 Å². The number of aliphatic hydroxyl groups excluding tert-OH is 1. The lowest BCUT2D eigenvalue weighted by Crippen LogP contribution is -2.44. The van der Waals surface area contributed by atoms with Crippen LogP contribution in [0.3, 0.4) is 0 Å². The number of aliphatic hydroxyl groups is 1. The molecule has 1 saturated heterocycles. The summed E-state index contributed by atoms with van der Waals surface area (Å²) < 4.78 is 11.5. The number of ether oxygens (including phenoxy) is 2. The molecule has 0 radical (unpaired) electrons. The van der Waals surface area contributed by atoms with Crippen LogP contribution in [0.5, 0.6) is 0 Å². The molecule has 1 fully saturated rings. The summed E-state index contributed by atoms with van der Waals surface area (Å²) in [6.45, 7) is 5.51. The molecule has 1 aliphatic rings. The molecule has 0 aromatic heterocycles. The third kappa shape index (κ3) is 3.66. The molecule has 1 aromatic rings. The van der Waals surface area contributed by atoms with E-state index in [1.807, 2.05) is 30.3 Å².